The first-order valence-corrected chi connectivity index (χ1v) is 6.80. The van der Waals surface area contributed by atoms with Crippen molar-refractivity contribution in [2.45, 2.75) is 6.10 Å². The number of methoxy groups -OCH3 is 2. The maximum Gasteiger partial charge on any atom is 0.318 e. The highest BCUT2D eigenvalue weighted by atomic mass is 16.6. The smallest absolute Gasteiger partial charge is 0.318 e. The third-order valence-electron chi connectivity index (χ3n) is 4.03. The normalized spacial score (nSPS) is 27.6. The number of nitrogens with zero attached hydrogens (tertiary/aromatic N) is 1. The van der Waals surface area contributed by atoms with Gasteiger partial charge in [-0.1, -0.05) is 0 Å². The summed E-state index contributed by atoms with van der Waals surface area (Å²) >= 11 is 0. The number of carbonyl (C=O) groups excluding carboxylic acids is 2. The van der Waals surface area contributed by atoms with Crippen LogP contribution in [0.1, 0.15) is 0 Å². The molecule has 0 aliphatic carbocycles. The van der Waals surface area contributed by atoms with E-state index in [1.165, 1.54) is 7.11 Å². The van der Waals surface area contributed by atoms with E-state index in [2.05, 4.69) is 0 Å². The maximum absolute atomic E-state index is 12.5. The van der Waals surface area contributed by atoms with Crippen molar-refractivity contribution in [1.82, 2.24) is 0 Å². The van der Waals surface area contributed by atoms with Crippen LogP contribution in [-0.2, 0) is 19.1 Å². The average Bonchev–Trinajstić information content (AvgIpc) is 3.30. The SMILES string of the molecule is COC(=O)C1C(=O)N(c2ccc(OC)cc2)CC1[C@H]1CO1. The summed E-state index contributed by atoms with van der Waals surface area (Å²) in [5.41, 5.74) is 0.748. The maximum atomic E-state index is 12.5. The molecule has 1 aromatic carbocycles. The Morgan fingerprint density at radius 3 is 2.48 bits per heavy atom. The summed E-state index contributed by atoms with van der Waals surface area (Å²) < 4.78 is 15.2. The molecular formula is C15H17NO5. The Kier molecular flexibility index (Phi) is 3.55. The molecule has 2 unspecified atom stereocenters. The molecule has 3 rings (SSSR count). The van der Waals surface area contributed by atoms with Gasteiger partial charge in [-0.15, -0.1) is 0 Å². The van der Waals surface area contributed by atoms with Gasteiger partial charge in [-0.25, -0.2) is 0 Å². The molecule has 1 aromatic rings. The molecule has 0 aromatic heterocycles. The van der Waals surface area contributed by atoms with Crippen LogP contribution in [0.5, 0.6) is 5.75 Å². The number of hydrogen-bond acceptors (Lipinski definition) is 5. The number of rotatable bonds is 4. The lowest BCUT2D eigenvalue weighted by molar-refractivity contribution is -0.150. The van der Waals surface area contributed by atoms with Crippen molar-refractivity contribution in [3.63, 3.8) is 0 Å². The van der Waals surface area contributed by atoms with Gasteiger partial charge in [0.15, 0.2) is 0 Å². The Bertz CT molecular complexity index is 552. The highest BCUT2D eigenvalue weighted by molar-refractivity contribution is 6.08. The Morgan fingerprint density at radius 2 is 1.95 bits per heavy atom. The average molecular weight is 291 g/mol. The molecule has 2 aliphatic rings. The fourth-order valence-electron chi connectivity index (χ4n) is 2.79. The van der Waals surface area contributed by atoms with Crippen LogP contribution in [0.25, 0.3) is 0 Å². The van der Waals surface area contributed by atoms with Crippen molar-refractivity contribution < 1.29 is 23.8 Å². The summed E-state index contributed by atoms with van der Waals surface area (Å²) in [7, 11) is 2.89. The van der Waals surface area contributed by atoms with Gasteiger partial charge in [0.1, 0.15) is 11.7 Å². The van der Waals surface area contributed by atoms with Crippen molar-refractivity contribution in [2.24, 2.45) is 11.8 Å². The second-order valence-corrected chi connectivity index (χ2v) is 5.18. The van der Waals surface area contributed by atoms with Gasteiger partial charge in [0.05, 0.1) is 26.9 Å². The van der Waals surface area contributed by atoms with Crippen LogP contribution in [0, 0.1) is 11.8 Å². The lowest BCUT2D eigenvalue weighted by Gasteiger charge is -2.16. The van der Waals surface area contributed by atoms with E-state index in [1.54, 1.807) is 36.3 Å². The number of esters is 1. The van der Waals surface area contributed by atoms with Gasteiger partial charge in [0, 0.05) is 18.2 Å². The van der Waals surface area contributed by atoms with Crippen LogP contribution in [-0.4, -0.2) is 45.4 Å². The zero-order chi connectivity index (χ0) is 15.0. The Labute approximate surface area is 122 Å². The Hall–Kier alpha value is -2.08. The Balaban J connectivity index is 1.85. The quantitative estimate of drug-likeness (QED) is 0.467. The van der Waals surface area contributed by atoms with Crippen LogP contribution in [0.3, 0.4) is 0 Å². The second kappa shape index (κ2) is 5.37. The van der Waals surface area contributed by atoms with E-state index >= 15 is 0 Å². The van der Waals surface area contributed by atoms with Crippen LogP contribution in [0.15, 0.2) is 24.3 Å². The number of ether oxygens (including phenoxy) is 3. The predicted molar refractivity (Wildman–Crippen MR) is 74.1 cm³/mol. The van der Waals surface area contributed by atoms with E-state index in [1.807, 2.05) is 0 Å². The molecule has 0 N–H and O–H groups in total. The summed E-state index contributed by atoms with van der Waals surface area (Å²) in [6.45, 7) is 1.07. The lowest BCUT2D eigenvalue weighted by atomic mass is 9.93. The fourth-order valence-corrected chi connectivity index (χ4v) is 2.79. The van der Waals surface area contributed by atoms with E-state index in [4.69, 9.17) is 14.2 Å². The number of hydrogen-bond donors (Lipinski definition) is 0. The number of amides is 1. The van der Waals surface area contributed by atoms with Gasteiger partial charge >= 0.3 is 5.97 Å². The van der Waals surface area contributed by atoms with Crippen LogP contribution < -0.4 is 9.64 Å². The van der Waals surface area contributed by atoms with Crippen LogP contribution in [0.2, 0.25) is 0 Å². The summed E-state index contributed by atoms with van der Waals surface area (Å²) in [4.78, 5) is 26.1. The Morgan fingerprint density at radius 1 is 1.29 bits per heavy atom. The molecule has 21 heavy (non-hydrogen) atoms. The van der Waals surface area contributed by atoms with Gasteiger partial charge in [0.2, 0.25) is 5.91 Å². The van der Waals surface area contributed by atoms with Gasteiger partial charge in [-0.3, -0.25) is 9.59 Å². The largest absolute Gasteiger partial charge is 0.497 e. The van der Waals surface area contributed by atoms with Gasteiger partial charge in [0.25, 0.3) is 0 Å². The molecule has 0 bridgehead atoms. The van der Waals surface area contributed by atoms with Gasteiger partial charge in [-0.2, -0.15) is 0 Å². The first-order chi connectivity index (χ1) is 10.2. The van der Waals surface area contributed by atoms with E-state index in [9.17, 15) is 9.59 Å². The molecular weight excluding hydrogens is 274 g/mol. The third kappa shape index (κ3) is 2.47. The molecule has 2 fully saturated rings. The first kappa shape index (κ1) is 13.9. The minimum atomic E-state index is -0.774. The number of carbonyl (C=O) groups is 2. The van der Waals surface area contributed by atoms with Gasteiger partial charge in [-0.05, 0) is 24.3 Å². The molecule has 3 atom stereocenters. The molecule has 2 heterocycles. The summed E-state index contributed by atoms with van der Waals surface area (Å²) in [6, 6.07) is 7.19. The third-order valence-corrected chi connectivity index (χ3v) is 4.03. The molecule has 0 radical (unpaired) electrons. The van der Waals surface area contributed by atoms with E-state index in [0.29, 0.717) is 13.2 Å². The molecule has 1 amide bonds. The zero-order valence-corrected chi connectivity index (χ0v) is 11.9. The van der Waals surface area contributed by atoms with E-state index < -0.39 is 11.9 Å². The number of benzene rings is 1. The first-order valence-electron chi connectivity index (χ1n) is 6.80. The molecule has 6 heteroatoms. The highest BCUT2D eigenvalue weighted by Gasteiger charge is 2.53. The van der Waals surface area contributed by atoms with Crippen LogP contribution >= 0.6 is 0 Å². The standard InChI is InChI=1S/C15H17NO5/c1-19-10-5-3-9(4-6-10)16-7-11(12-8-21-12)13(14(16)17)15(18)20-2/h3-6,11-13H,7-8H2,1-2H3/t11?,12-,13?/m1/s1. The number of epoxide rings is 1. The topological polar surface area (TPSA) is 68.4 Å². The van der Waals surface area contributed by atoms with E-state index in [0.717, 1.165) is 11.4 Å². The molecule has 6 nitrogen and oxygen atoms in total. The van der Waals surface area contributed by atoms with Gasteiger partial charge < -0.3 is 19.1 Å². The molecule has 2 saturated heterocycles. The van der Waals surface area contributed by atoms with Crippen molar-refractivity contribution in [3.8, 4) is 5.75 Å². The summed E-state index contributed by atoms with van der Waals surface area (Å²) in [5, 5.41) is 0. The monoisotopic (exact) mass is 291 g/mol. The minimum absolute atomic E-state index is 0.0266. The van der Waals surface area contributed by atoms with Crippen molar-refractivity contribution in [1.29, 1.82) is 0 Å². The number of anilines is 1. The fraction of sp³-hybridized carbons (Fsp3) is 0.467. The summed E-state index contributed by atoms with van der Waals surface area (Å²) in [5.74, 6) is -0.919. The van der Waals surface area contributed by atoms with E-state index in [-0.39, 0.29) is 17.9 Å². The lowest BCUT2D eigenvalue weighted by Crippen LogP contribution is -2.32. The molecule has 0 spiro atoms. The zero-order valence-electron chi connectivity index (χ0n) is 11.9. The van der Waals surface area contributed by atoms with Crippen LogP contribution in [0.4, 0.5) is 5.69 Å². The predicted octanol–water partition coefficient (Wildman–Crippen LogP) is 0.846. The highest BCUT2D eigenvalue weighted by Crippen LogP contribution is 2.37. The van der Waals surface area contributed by atoms with Crippen molar-refractivity contribution in [3.05, 3.63) is 24.3 Å². The molecule has 0 saturated carbocycles. The summed E-state index contributed by atoms with van der Waals surface area (Å²) in [6.07, 6.45) is -0.0266. The van der Waals surface area contributed by atoms with Crippen molar-refractivity contribution >= 4 is 17.6 Å². The van der Waals surface area contributed by atoms with Crippen molar-refractivity contribution in [2.75, 3.05) is 32.3 Å². The molecule has 2 aliphatic heterocycles. The second-order valence-electron chi connectivity index (χ2n) is 5.18. The minimum Gasteiger partial charge on any atom is -0.497 e. The molecule has 112 valence electrons.